The molecule has 1 N–H and O–H groups in total. The van der Waals surface area contributed by atoms with Crippen molar-refractivity contribution in [2.24, 2.45) is 0 Å². The number of nitrogens with one attached hydrogen (secondary N) is 1. The van der Waals surface area contributed by atoms with Crippen LogP contribution in [0.15, 0.2) is 58.8 Å². The molecule has 3 rings (SSSR count). The molecule has 0 unspecified atom stereocenters. The first-order valence-corrected chi connectivity index (χ1v) is 11.7. The lowest BCUT2D eigenvalue weighted by Gasteiger charge is -2.20. The van der Waals surface area contributed by atoms with Crippen molar-refractivity contribution in [1.82, 2.24) is 5.32 Å². The fraction of sp³-hybridized carbons (Fsp3) is 0.190. The quantitative estimate of drug-likeness (QED) is 0.559. The van der Waals surface area contributed by atoms with E-state index >= 15 is 0 Å². The van der Waals surface area contributed by atoms with Crippen molar-refractivity contribution in [2.75, 3.05) is 18.5 Å². The second kappa shape index (κ2) is 9.07. The molecule has 3 aromatic rings. The van der Waals surface area contributed by atoms with Crippen LogP contribution in [0.25, 0.3) is 0 Å². The average molecular weight is 465 g/mol. The van der Waals surface area contributed by atoms with E-state index in [4.69, 9.17) is 16.3 Å². The van der Waals surface area contributed by atoms with Gasteiger partial charge in [0.1, 0.15) is 5.75 Å². The number of hydrogen-bond acceptors (Lipinski definition) is 5. The fourth-order valence-electron chi connectivity index (χ4n) is 2.77. The number of aryl methyl sites for hydroxylation is 1. The van der Waals surface area contributed by atoms with E-state index < -0.39 is 15.9 Å². The number of methoxy groups -OCH3 is 1. The Bertz CT molecular complexity index is 1160. The van der Waals surface area contributed by atoms with Crippen LogP contribution >= 0.6 is 22.9 Å². The predicted molar refractivity (Wildman–Crippen MR) is 120 cm³/mol. The summed E-state index contributed by atoms with van der Waals surface area (Å²) in [7, 11) is -0.907. The maximum absolute atomic E-state index is 13.1. The summed E-state index contributed by atoms with van der Waals surface area (Å²) in [6.07, 6.45) is 0. The Kier molecular flexibility index (Phi) is 6.70. The van der Waals surface area contributed by atoms with Crippen LogP contribution in [-0.2, 0) is 16.6 Å². The molecule has 0 radical (unpaired) electrons. The van der Waals surface area contributed by atoms with Crippen LogP contribution in [0, 0.1) is 6.92 Å². The van der Waals surface area contributed by atoms with Gasteiger partial charge in [0, 0.05) is 11.9 Å². The summed E-state index contributed by atoms with van der Waals surface area (Å²) < 4.78 is 32.4. The van der Waals surface area contributed by atoms with Gasteiger partial charge in [-0.1, -0.05) is 11.6 Å². The first-order valence-electron chi connectivity index (χ1n) is 8.97. The lowest BCUT2D eigenvalue weighted by Crippen LogP contribution is -2.27. The molecule has 0 aliphatic heterocycles. The third-order valence-corrected chi connectivity index (χ3v) is 7.79. The molecular formula is C21H21ClN2O4S2. The first-order chi connectivity index (χ1) is 14.2. The maximum atomic E-state index is 13.1. The van der Waals surface area contributed by atoms with E-state index in [1.54, 1.807) is 35.6 Å². The van der Waals surface area contributed by atoms with E-state index in [1.165, 1.54) is 32.4 Å². The topological polar surface area (TPSA) is 75.7 Å². The molecule has 0 aliphatic rings. The minimum Gasteiger partial charge on any atom is -0.497 e. The highest BCUT2D eigenvalue weighted by Crippen LogP contribution is 2.27. The Balaban J connectivity index is 1.85. The number of carbonyl (C=O) groups excluding carboxylic acids is 1. The van der Waals surface area contributed by atoms with Crippen molar-refractivity contribution in [3.05, 3.63) is 74.9 Å². The number of thiophene rings is 1. The summed E-state index contributed by atoms with van der Waals surface area (Å²) in [6.45, 7) is 2.31. The minimum atomic E-state index is -3.89. The SMILES string of the molecule is COc1ccc(N(C)S(=O)(=O)c2ccc(Cl)c(C(=O)NCc3sccc3C)c2)cc1. The lowest BCUT2D eigenvalue weighted by atomic mass is 10.2. The molecule has 1 aromatic heterocycles. The molecule has 1 amide bonds. The highest BCUT2D eigenvalue weighted by atomic mass is 35.5. The Morgan fingerprint density at radius 3 is 2.47 bits per heavy atom. The molecular weight excluding hydrogens is 444 g/mol. The molecule has 0 bridgehead atoms. The number of hydrogen-bond donors (Lipinski definition) is 1. The van der Waals surface area contributed by atoms with Crippen LogP contribution in [0.2, 0.25) is 5.02 Å². The van der Waals surface area contributed by atoms with Gasteiger partial charge in [-0.05, 0) is 66.4 Å². The molecule has 1 heterocycles. The van der Waals surface area contributed by atoms with Crippen LogP contribution in [0.5, 0.6) is 5.75 Å². The molecule has 0 fully saturated rings. The molecule has 0 atom stereocenters. The zero-order valence-corrected chi connectivity index (χ0v) is 19.1. The van der Waals surface area contributed by atoms with Gasteiger partial charge in [-0.2, -0.15) is 0 Å². The molecule has 30 heavy (non-hydrogen) atoms. The smallest absolute Gasteiger partial charge is 0.264 e. The van der Waals surface area contributed by atoms with Crippen LogP contribution in [0.3, 0.4) is 0 Å². The van der Waals surface area contributed by atoms with Crippen LogP contribution in [0.1, 0.15) is 20.8 Å². The number of rotatable bonds is 7. The van der Waals surface area contributed by atoms with Gasteiger partial charge < -0.3 is 10.1 Å². The highest BCUT2D eigenvalue weighted by Gasteiger charge is 2.24. The van der Waals surface area contributed by atoms with Gasteiger partial charge in [0.2, 0.25) is 0 Å². The average Bonchev–Trinajstić information content (AvgIpc) is 3.16. The molecule has 2 aromatic carbocycles. The third-order valence-electron chi connectivity index (χ3n) is 4.65. The van der Waals surface area contributed by atoms with Crippen LogP contribution in [0.4, 0.5) is 5.69 Å². The van der Waals surface area contributed by atoms with E-state index in [1.807, 2.05) is 18.4 Å². The Morgan fingerprint density at radius 2 is 1.87 bits per heavy atom. The van der Waals surface area contributed by atoms with E-state index in [0.29, 0.717) is 18.0 Å². The molecule has 0 aliphatic carbocycles. The van der Waals surface area contributed by atoms with E-state index in [9.17, 15) is 13.2 Å². The Hall–Kier alpha value is -2.55. The standard InChI is InChI=1S/C21H21ClN2O4S2/c1-14-10-11-29-20(14)13-23-21(25)18-12-17(8-9-19(18)22)30(26,27)24(2)15-4-6-16(28-3)7-5-15/h4-12H,13H2,1-3H3,(H,23,25). The Labute approximate surface area is 185 Å². The molecule has 0 saturated carbocycles. The summed E-state index contributed by atoms with van der Waals surface area (Å²) >= 11 is 7.73. The summed E-state index contributed by atoms with van der Waals surface area (Å²) in [5, 5.41) is 4.93. The lowest BCUT2D eigenvalue weighted by molar-refractivity contribution is 0.0951. The monoisotopic (exact) mass is 464 g/mol. The number of anilines is 1. The van der Waals surface area contributed by atoms with Crippen molar-refractivity contribution in [3.63, 3.8) is 0 Å². The summed E-state index contributed by atoms with van der Waals surface area (Å²) in [6, 6.07) is 12.7. The van der Waals surface area contributed by atoms with E-state index in [-0.39, 0.29) is 15.5 Å². The van der Waals surface area contributed by atoms with Crippen molar-refractivity contribution in [1.29, 1.82) is 0 Å². The van der Waals surface area contributed by atoms with Crippen molar-refractivity contribution in [3.8, 4) is 5.75 Å². The number of ether oxygens (including phenoxy) is 1. The summed E-state index contributed by atoms with van der Waals surface area (Å²) in [5.41, 5.74) is 1.66. The van der Waals surface area contributed by atoms with Gasteiger partial charge >= 0.3 is 0 Å². The van der Waals surface area contributed by atoms with Crippen molar-refractivity contribution in [2.45, 2.75) is 18.4 Å². The van der Waals surface area contributed by atoms with Crippen molar-refractivity contribution < 1.29 is 17.9 Å². The summed E-state index contributed by atoms with van der Waals surface area (Å²) in [5.74, 6) is 0.188. The second-order valence-electron chi connectivity index (χ2n) is 6.52. The number of sulfonamides is 1. The van der Waals surface area contributed by atoms with Gasteiger partial charge in [0.15, 0.2) is 0 Å². The van der Waals surface area contributed by atoms with Crippen LogP contribution < -0.4 is 14.4 Å². The molecule has 0 spiro atoms. The number of benzene rings is 2. The van der Waals surface area contributed by atoms with Gasteiger partial charge in [-0.3, -0.25) is 9.10 Å². The van der Waals surface area contributed by atoms with Gasteiger partial charge in [0.25, 0.3) is 15.9 Å². The fourth-order valence-corrected chi connectivity index (χ4v) is 5.04. The van der Waals surface area contributed by atoms with Gasteiger partial charge in [-0.15, -0.1) is 11.3 Å². The van der Waals surface area contributed by atoms with Gasteiger partial charge in [-0.25, -0.2) is 8.42 Å². The van der Waals surface area contributed by atoms with Crippen LogP contribution in [-0.4, -0.2) is 28.5 Å². The number of amides is 1. The zero-order chi connectivity index (χ0) is 21.9. The number of carbonyl (C=O) groups is 1. The van der Waals surface area contributed by atoms with E-state index in [2.05, 4.69) is 5.32 Å². The largest absolute Gasteiger partial charge is 0.497 e. The minimum absolute atomic E-state index is 0.0253. The predicted octanol–water partition coefficient (Wildman–Crippen LogP) is 4.47. The third kappa shape index (κ3) is 4.61. The number of nitrogens with zero attached hydrogens (tertiary/aromatic N) is 1. The zero-order valence-electron chi connectivity index (χ0n) is 16.7. The normalized spacial score (nSPS) is 11.2. The molecule has 158 valence electrons. The van der Waals surface area contributed by atoms with Gasteiger partial charge in [0.05, 0.1) is 34.8 Å². The first kappa shape index (κ1) is 22.1. The molecule has 0 saturated heterocycles. The van der Waals surface area contributed by atoms with Crippen molar-refractivity contribution >= 4 is 44.6 Å². The highest BCUT2D eigenvalue weighted by molar-refractivity contribution is 7.92. The molecule has 6 nitrogen and oxygen atoms in total. The van der Waals surface area contributed by atoms with E-state index in [0.717, 1.165) is 14.7 Å². The maximum Gasteiger partial charge on any atom is 0.264 e. The summed E-state index contributed by atoms with van der Waals surface area (Å²) in [4.78, 5) is 13.7. The number of halogens is 1. The molecule has 9 heteroatoms. The second-order valence-corrected chi connectivity index (χ2v) is 9.90. The Morgan fingerprint density at radius 1 is 1.17 bits per heavy atom.